The van der Waals surface area contributed by atoms with E-state index in [1.165, 1.54) is 78.3 Å². The Balaban J connectivity index is 1.19. The van der Waals surface area contributed by atoms with E-state index >= 15 is 0 Å². The fourth-order valence-electron chi connectivity index (χ4n) is 5.50. The van der Waals surface area contributed by atoms with Crippen LogP contribution in [0.3, 0.4) is 0 Å². The topological polar surface area (TPSA) is 46.5 Å². The largest absolute Gasteiger partial charge is 0.494 e. The van der Waals surface area contributed by atoms with Crippen molar-refractivity contribution in [3.05, 3.63) is 89.0 Å². The zero-order valence-corrected chi connectivity index (χ0v) is 23.1. The van der Waals surface area contributed by atoms with Crippen molar-refractivity contribution in [3.63, 3.8) is 0 Å². The summed E-state index contributed by atoms with van der Waals surface area (Å²) in [7, 11) is 0. The first-order valence-corrected chi connectivity index (χ1v) is 14.8. The SMILES string of the molecule is CCCCCCCCCCOc1ccc(-c2ccc(CCc3ccc4c(c3)CCC(C(=O)O)C4)cc2)cc1. The average Bonchev–Trinajstić information content (AvgIpc) is 2.95. The first-order valence-electron chi connectivity index (χ1n) is 14.8. The number of ether oxygens (including phenoxy) is 1. The Morgan fingerprint density at radius 1 is 0.763 bits per heavy atom. The lowest BCUT2D eigenvalue weighted by Gasteiger charge is -2.22. The average molecular weight is 513 g/mol. The third kappa shape index (κ3) is 8.48. The second-order valence-corrected chi connectivity index (χ2v) is 10.9. The van der Waals surface area contributed by atoms with E-state index in [-0.39, 0.29) is 5.92 Å². The number of benzene rings is 3. The van der Waals surface area contributed by atoms with E-state index in [4.69, 9.17) is 4.74 Å². The molecule has 0 bridgehead atoms. The van der Waals surface area contributed by atoms with Crippen LogP contribution in [0.2, 0.25) is 0 Å². The molecule has 1 atom stereocenters. The molecule has 0 spiro atoms. The van der Waals surface area contributed by atoms with Crippen LogP contribution in [0.5, 0.6) is 5.75 Å². The summed E-state index contributed by atoms with van der Waals surface area (Å²) in [4.78, 5) is 11.3. The molecule has 3 heteroatoms. The lowest BCUT2D eigenvalue weighted by molar-refractivity contribution is -0.142. The van der Waals surface area contributed by atoms with Gasteiger partial charge in [0.25, 0.3) is 0 Å². The number of fused-ring (bicyclic) bond motifs is 1. The first-order chi connectivity index (χ1) is 18.6. The fraction of sp³-hybridized carbons (Fsp3) is 0.457. The molecule has 1 aliphatic carbocycles. The van der Waals surface area contributed by atoms with E-state index in [1.54, 1.807) is 0 Å². The standard InChI is InChI=1S/C35H44O3/c1-2-3-4-5-6-7-8-9-24-38-34-22-20-30(21-23-34)29-15-12-27(13-16-29)10-11-28-14-17-32-26-33(35(36)37)19-18-31(32)25-28/h12-17,20-23,25,33H,2-11,18-19,24,26H2,1H3,(H,36,37). The molecule has 0 aromatic heterocycles. The van der Waals surface area contributed by atoms with Gasteiger partial charge in [-0.25, -0.2) is 0 Å². The summed E-state index contributed by atoms with van der Waals surface area (Å²) in [5.74, 6) is 0.0636. The number of aliphatic carboxylic acids is 1. The number of hydrogen-bond acceptors (Lipinski definition) is 2. The molecule has 202 valence electrons. The van der Waals surface area contributed by atoms with Crippen LogP contribution >= 0.6 is 0 Å². The normalized spacial score (nSPS) is 14.7. The van der Waals surface area contributed by atoms with Crippen LogP contribution in [0.1, 0.15) is 87.0 Å². The van der Waals surface area contributed by atoms with Crippen molar-refractivity contribution in [2.45, 2.75) is 90.4 Å². The number of carboxylic acids is 1. The molecule has 0 amide bonds. The van der Waals surface area contributed by atoms with E-state index in [0.29, 0.717) is 6.42 Å². The number of aryl methyl sites for hydroxylation is 3. The number of carbonyl (C=O) groups is 1. The molecule has 4 rings (SSSR count). The maximum Gasteiger partial charge on any atom is 0.306 e. The van der Waals surface area contributed by atoms with Crippen LogP contribution in [0, 0.1) is 5.92 Å². The number of unbranched alkanes of at least 4 members (excludes halogenated alkanes) is 7. The summed E-state index contributed by atoms with van der Waals surface area (Å²) in [6, 6.07) is 24.0. The van der Waals surface area contributed by atoms with Crippen molar-refractivity contribution in [2.75, 3.05) is 6.61 Å². The van der Waals surface area contributed by atoms with Crippen molar-refractivity contribution < 1.29 is 14.6 Å². The van der Waals surface area contributed by atoms with Gasteiger partial charge in [0.2, 0.25) is 0 Å². The second-order valence-electron chi connectivity index (χ2n) is 10.9. The Labute approximate surface area is 229 Å². The number of rotatable bonds is 15. The Hall–Kier alpha value is -3.07. The Bertz CT molecular complexity index is 1130. The molecule has 0 aliphatic heterocycles. The summed E-state index contributed by atoms with van der Waals surface area (Å²) in [5.41, 5.74) is 7.66. The zero-order chi connectivity index (χ0) is 26.6. The highest BCUT2D eigenvalue weighted by molar-refractivity contribution is 5.71. The molecule has 3 aromatic rings. The van der Waals surface area contributed by atoms with Crippen LogP contribution in [0.15, 0.2) is 66.7 Å². The molecule has 0 saturated carbocycles. The van der Waals surface area contributed by atoms with E-state index in [0.717, 1.165) is 44.5 Å². The molecule has 0 fully saturated rings. The van der Waals surface area contributed by atoms with Gasteiger partial charge in [0.05, 0.1) is 12.5 Å². The van der Waals surface area contributed by atoms with Gasteiger partial charge in [0, 0.05) is 0 Å². The van der Waals surface area contributed by atoms with Crippen LogP contribution in [0.25, 0.3) is 11.1 Å². The number of carboxylic acid groups (broad SMARTS) is 1. The van der Waals surface area contributed by atoms with Gasteiger partial charge in [0.1, 0.15) is 5.75 Å². The predicted molar refractivity (Wildman–Crippen MR) is 157 cm³/mol. The van der Waals surface area contributed by atoms with Gasteiger partial charge < -0.3 is 9.84 Å². The molecule has 3 aromatic carbocycles. The maximum atomic E-state index is 11.3. The highest BCUT2D eigenvalue weighted by atomic mass is 16.5. The quantitative estimate of drug-likeness (QED) is 0.207. The number of hydrogen-bond donors (Lipinski definition) is 1. The fourth-order valence-corrected chi connectivity index (χ4v) is 5.50. The molecular formula is C35H44O3. The monoisotopic (exact) mass is 512 g/mol. The minimum atomic E-state index is -0.665. The molecule has 38 heavy (non-hydrogen) atoms. The molecule has 0 saturated heterocycles. The highest BCUT2D eigenvalue weighted by Crippen LogP contribution is 2.28. The Morgan fingerprint density at radius 2 is 1.37 bits per heavy atom. The second kappa shape index (κ2) is 14.8. The summed E-state index contributed by atoms with van der Waals surface area (Å²) in [6.45, 7) is 3.07. The third-order valence-corrected chi connectivity index (χ3v) is 7.96. The smallest absolute Gasteiger partial charge is 0.306 e. The van der Waals surface area contributed by atoms with Crippen LogP contribution in [-0.4, -0.2) is 17.7 Å². The predicted octanol–water partition coefficient (Wildman–Crippen LogP) is 8.85. The van der Waals surface area contributed by atoms with Gasteiger partial charge in [-0.1, -0.05) is 106 Å². The van der Waals surface area contributed by atoms with Crippen LogP contribution in [0.4, 0.5) is 0 Å². The van der Waals surface area contributed by atoms with E-state index in [2.05, 4.69) is 73.7 Å². The Morgan fingerprint density at radius 3 is 2.05 bits per heavy atom. The molecular weight excluding hydrogens is 468 g/mol. The van der Waals surface area contributed by atoms with Crippen molar-refractivity contribution in [2.24, 2.45) is 5.92 Å². The van der Waals surface area contributed by atoms with Gasteiger partial charge in [-0.2, -0.15) is 0 Å². The van der Waals surface area contributed by atoms with Crippen LogP contribution < -0.4 is 4.74 Å². The maximum absolute atomic E-state index is 11.3. The molecule has 1 unspecified atom stereocenters. The lowest BCUT2D eigenvalue weighted by Crippen LogP contribution is -2.22. The summed E-state index contributed by atoms with van der Waals surface area (Å²) in [6.07, 6.45) is 14.8. The molecule has 0 radical (unpaired) electrons. The van der Waals surface area contributed by atoms with Gasteiger partial charge in [0.15, 0.2) is 0 Å². The first kappa shape index (κ1) is 28.0. The highest BCUT2D eigenvalue weighted by Gasteiger charge is 2.24. The van der Waals surface area contributed by atoms with Gasteiger partial charge >= 0.3 is 5.97 Å². The summed E-state index contributed by atoms with van der Waals surface area (Å²) in [5, 5.41) is 9.31. The molecule has 1 aliphatic rings. The molecule has 0 heterocycles. The summed E-state index contributed by atoms with van der Waals surface area (Å²) < 4.78 is 5.96. The van der Waals surface area contributed by atoms with Crippen LogP contribution in [-0.2, 0) is 30.5 Å². The van der Waals surface area contributed by atoms with Crippen molar-refractivity contribution in [1.29, 1.82) is 0 Å². The van der Waals surface area contributed by atoms with E-state index < -0.39 is 5.97 Å². The molecule has 3 nitrogen and oxygen atoms in total. The van der Waals surface area contributed by atoms with Gasteiger partial charge in [-0.3, -0.25) is 4.79 Å². The zero-order valence-electron chi connectivity index (χ0n) is 23.1. The third-order valence-electron chi connectivity index (χ3n) is 7.96. The summed E-state index contributed by atoms with van der Waals surface area (Å²) >= 11 is 0. The minimum absolute atomic E-state index is 0.227. The van der Waals surface area contributed by atoms with Crippen molar-refractivity contribution in [3.8, 4) is 16.9 Å². The molecule has 1 N–H and O–H groups in total. The lowest BCUT2D eigenvalue weighted by atomic mass is 9.83. The van der Waals surface area contributed by atoms with Crippen molar-refractivity contribution >= 4 is 5.97 Å². The van der Waals surface area contributed by atoms with Gasteiger partial charge in [-0.15, -0.1) is 0 Å². The van der Waals surface area contributed by atoms with E-state index in [1.807, 2.05) is 0 Å². The van der Waals surface area contributed by atoms with Crippen molar-refractivity contribution in [1.82, 2.24) is 0 Å². The van der Waals surface area contributed by atoms with Gasteiger partial charge in [-0.05, 0) is 84.0 Å². The minimum Gasteiger partial charge on any atom is -0.494 e. The Kier molecular flexibility index (Phi) is 10.9. The van der Waals surface area contributed by atoms with E-state index in [9.17, 15) is 9.90 Å².